The minimum absolute atomic E-state index is 0.0213. The first-order valence-corrected chi connectivity index (χ1v) is 8.04. The van der Waals surface area contributed by atoms with Crippen molar-refractivity contribution in [1.29, 1.82) is 5.26 Å². The van der Waals surface area contributed by atoms with Crippen LogP contribution in [0, 0.1) is 23.2 Å². The van der Waals surface area contributed by atoms with Gasteiger partial charge in [0.15, 0.2) is 5.78 Å². The molecular weight excluding hydrogens is 286 g/mol. The molecule has 3 N–H and O–H groups in total. The summed E-state index contributed by atoms with van der Waals surface area (Å²) >= 11 is 1.26. The molecular formula is C15H21N3O2S. The number of nitrogen functional groups attached to an aromatic ring is 1. The van der Waals surface area contributed by atoms with Crippen LogP contribution in [0.2, 0.25) is 0 Å². The van der Waals surface area contributed by atoms with Crippen molar-refractivity contribution in [3.8, 4) is 6.07 Å². The lowest BCUT2D eigenvalue weighted by molar-refractivity contribution is 0.0944. The normalized spacial score (nSPS) is 14.2. The third kappa shape index (κ3) is 3.96. The second-order valence-corrected chi connectivity index (χ2v) is 6.65. The minimum Gasteiger partial charge on any atom is -0.396 e. The predicted octanol–water partition coefficient (Wildman–Crippen LogP) is 2.88. The zero-order valence-electron chi connectivity index (χ0n) is 12.4. The van der Waals surface area contributed by atoms with Crippen LogP contribution >= 0.6 is 11.3 Å². The molecule has 5 nitrogen and oxygen atoms in total. The molecule has 1 aromatic rings. The molecule has 0 aliphatic heterocycles. The standard InChI is InChI=1S/C15H21N3O2S/c1-9(2)13(19)14-12(17)11(7-16)15(21-14)18-5-6-20-8-10-3-4-10/h9-10,18H,3-6,8,17H2,1-2H3. The number of carbonyl (C=O) groups excluding carboxylic acids is 1. The van der Waals surface area contributed by atoms with Gasteiger partial charge in [-0.2, -0.15) is 5.26 Å². The summed E-state index contributed by atoms with van der Waals surface area (Å²) in [5, 5.41) is 13.0. The summed E-state index contributed by atoms with van der Waals surface area (Å²) in [5.74, 6) is 0.589. The molecule has 114 valence electrons. The average Bonchev–Trinajstić information content (AvgIpc) is 3.21. The van der Waals surface area contributed by atoms with Gasteiger partial charge in [-0.05, 0) is 18.8 Å². The third-order valence-electron chi connectivity index (χ3n) is 3.39. The Morgan fingerprint density at radius 3 is 2.86 bits per heavy atom. The van der Waals surface area contributed by atoms with E-state index in [1.54, 1.807) is 0 Å². The number of anilines is 2. The summed E-state index contributed by atoms with van der Waals surface area (Å²) in [4.78, 5) is 12.5. The molecule has 0 atom stereocenters. The lowest BCUT2D eigenvalue weighted by Gasteiger charge is -2.05. The van der Waals surface area contributed by atoms with Crippen LogP contribution in [0.4, 0.5) is 10.7 Å². The van der Waals surface area contributed by atoms with Crippen LogP contribution < -0.4 is 11.1 Å². The molecule has 0 unspecified atom stereocenters. The van der Waals surface area contributed by atoms with Crippen LogP contribution in [0.1, 0.15) is 41.9 Å². The molecule has 2 rings (SSSR count). The summed E-state index contributed by atoms with van der Waals surface area (Å²) in [7, 11) is 0. The molecule has 1 heterocycles. The second-order valence-electron chi connectivity index (χ2n) is 5.62. The van der Waals surface area contributed by atoms with E-state index in [2.05, 4.69) is 11.4 Å². The minimum atomic E-state index is -0.132. The van der Waals surface area contributed by atoms with Gasteiger partial charge in [0, 0.05) is 19.1 Å². The van der Waals surface area contributed by atoms with Crippen molar-refractivity contribution in [1.82, 2.24) is 0 Å². The quantitative estimate of drug-likeness (QED) is 0.569. The largest absolute Gasteiger partial charge is 0.396 e. The van der Waals surface area contributed by atoms with Gasteiger partial charge in [0.05, 0.1) is 17.2 Å². The zero-order valence-corrected chi connectivity index (χ0v) is 13.3. The lowest BCUT2D eigenvalue weighted by Crippen LogP contribution is -2.10. The Kier molecular flexibility index (Phi) is 5.21. The molecule has 0 aromatic carbocycles. The van der Waals surface area contributed by atoms with Crippen LogP contribution in [-0.4, -0.2) is 25.5 Å². The smallest absolute Gasteiger partial charge is 0.177 e. The van der Waals surface area contributed by atoms with Crippen LogP contribution in [0.25, 0.3) is 0 Å². The molecule has 0 amide bonds. The molecule has 1 fully saturated rings. The van der Waals surface area contributed by atoms with Gasteiger partial charge < -0.3 is 15.8 Å². The van der Waals surface area contributed by atoms with Gasteiger partial charge in [-0.15, -0.1) is 11.3 Å². The Hall–Kier alpha value is -1.58. The van der Waals surface area contributed by atoms with E-state index in [-0.39, 0.29) is 11.7 Å². The SMILES string of the molecule is CC(C)C(=O)c1sc(NCCOCC2CC2)c(C#N)c1N. The topological polar surface area (TPSA) is 88.1 Å². The highest BCUT2D eigenvalue weighted by molar-refractivity contribution is 7.19. The maximum Gasteiger partial charge on any atom is 0.177 e. The highest BCUT2D eigenvalue weighted by Crippen LogP contribution is 2.36. The van der Waals surface area contributed by atoms with Crippen molar-refractivity contribution in [2.24, 2.45) is 11.8 Å². The van der Waals surface area contributed by atoms with Gasteiger partial charge in [0.2, 0.25) is 0 Å². The van der Waals surface area contributed by atoms with Crippen molar-refractivity contribution in [2.75, 3.05) is 30.8 Å². The van der Waals surface area contributed by atoms with E-state index in [1.165, 1.54) is 24.2 Å². The Bertz CT molecular complexity index is 556. The number of thiophene rings is 1. The fraction of sp³-hybridized carbons (Fsp3) is 0.600. The van der Waals surface area contributed by atoms with E-state index in [1.807, 2.05) is 13.8 Å². The summed E-state index contributed by atoms with van der Waals surface area (Å²) in [6, 6.07) is 2.08. The number of hydrogen-bond donors (Lipinski definition) is 2. The predicted molar refractivity (Wildman–Crippen MR) is 84.6 cm³/mol. The number of nitrogens with two attached hydrogens (primary N) is 1. The Labute approximate surface area is 129 Å². The number of ether oxygens (including phenoxy) is 1. The fourth-order valence-electron chi connectivity index (χ4n) is 1.90. The van der Waals surface area contributed by atoms with E-state index >= 15 is 0 Å². The monoisotopic (exact) mass is 307 g/mol. The Balaban J connectivity index is 1.96. The van der Waals surface area contributed by atoms with Crippen molar-refractivity contribution in [2.45, 2.75) is 26.7 Å². The molecule has 1 aliphatic rings. The van der Waals surface area contributed by atoms with E-state index < -0.39 is 0 Å². The molecule has 0 spiro atoms. The van der Waals surface area contributed by atoms with Gasteiger partial charge >= 0.3 is 0 Å². The van der Waals surface area contributed by atoms with Gasteiger partial charge in [-0.1, -0.05) is 13.8 Å². The molecule has 1 aliphatic carbocycles. The van der Waals surface area contributed by atoms with Crippen molar-refractivity contribution in [3.63, 3.8) is 0 Å². The van der Waals surface area contributed by atoms with Crippen LogP contribution in [0.15, 0.2) is 0 Å². The van der Waals surface area contributed by atoms with Gasteiger partial charge in [-0.25, -0.2) is 0 Å². The molecule has 1 aromatic heterocycles. The van der Waals surface area contributed by atoms with Crippen LogP contribution in [0.3, 0.4) is 0 Å². The number of Topliss-reactive ketones (excluding diaryl/α,β-unsaturated/α-hetero) is 1. The third-order valence-corrected chi connectivity index (χ3v) is 4.57. The number of carbonyl (C=O) groups is 1. The molecule has 0 saturated heterocycles. The first-order valence-electron chi connectivity index (χ1n) is 7.22. The first kappa shape index (κ1) is 15.8. The molecule has 0 bridgehead atoms. The van der Waals surface area contributed by atoms with Gasteiger partial charge in [-0.3, -0.25) is 4.79 Å². The maximum absolute atomic E-state index is 12.1. The number of rotatable bonds is 8. The van der Waals surface area contributed by atoms with Crippen molar-refractivity contribution >= 4 is 27.8 Å². The molecule has 0 radical (unpaired) electrons. The van der Waals surface area contributed by atoms with Gasteiger partial charge in [0.25, 0.3) is 0 Å². The second kappa shape index (κ2) is 6.92. The first-order chi connectivity index (χ1) is 10.0. The highest BCUT2D eigenvalue weighted by Gasteiger charge is 2.23. The van der Waals surface area contributed by atoms with E-state index in [0.717, 1.165) is 12.5 Å². The molecule has 1 saturated carbocycles. The van der Waals surface area contributed by atoms with Crippen molar-refractivity contribution in [3.05, 3.63) is 10.4 Å². The van der Waals surface area contributed by atoms with Gasteiger partial charge in [0.1, 0.15) is 16.6 Å². The fourth-order valence-corrected chi connectivity index (χ4v) is 3.08. The number of hydrogen-bond acceptors (Lipinski definition) is 6. The Morgan fingerprint density at radius 1 is 1.57 bits per heavy atom. The van der Waals surface area contributed by atoms with E-state index in [9.17, 15) is 10.1 Å². The van der Waals surface area contributed by atoms with Crippen molar-refractivity contribution < 1.29 is 9.53 Å². The number of nitrogens with zero attached hydrogens (tertiary/aromatic N) is 1. The summed E-state index contributed by atoms with van der Waals surface area (Å²) in [6.45, 7) is 5.67. The molecule has 21 heavy (non-hydrogen) atoms. The lowest BCUT2D eigenvalue weighted by atomic mass is 10.1. The highest BCUT2D eigenvalue weighted by atomic mass is 32.1. The van der Waals surface area contributed by atoms with E-state index in [0.29, 0.717) is 34.3 Å². The Morgan fingerprint density at radius 2 is 2.29 bits per heavy atom. The van der Waals surface area contributed by atoms with E-state index in [4.69, 9.17) is 10.5 Å². The van der Waals surface area contributed by atoms with Crippen LogP contribution in [0.5, 0.6) is 0 Å². The summed E-state index contributed by atoms with van der Waals surface area (Å²) < 4.78 is 5.54. The number of ketones is 1. The van der Waals surface area contributed by atoms with Crippen LogP contribution in [-0.2, 0) is 4.74 Å². The average molecular weight is 307 g/mol. The maximum atomic E-state index is 12.1. The number of nitriles is 1. The summed E-state index contributed by atoms with van der Waals surface area (Å²) in [6.07, 6.45) is 2.54. The summed E-state index contributed by atoms with van der Waals surface area (Å²) in [5.41, 5.74) is 6.59. The number of nitrogens with one attached hydrogen (secondary N) is 1. The zero-order chi connectivity index (χ0) is 15.4. The molecule has 6 heteroatoms.